The second kappa shape index (κ2) is 5.58. The molecule has 6 nitrogen and oxygen atoms in total. The number of hydrogen-bond donors (Lipinski definition) is 1. The van der Waals surface area contributed by atoms with E-state index in [1.54, 1.807) is 0 Å². The lowest BCUT2D eigenvalue weighted by Gasteiger charge is -2.20. The van der Waals surface area contributed by atoms with Crippen LogP contribution in [0.15, 0.2) is 16.3 Å². The minimum Gasteiger partial charge on any atom is -0.477 e. The first kappa shape index (κ1) is 14.4. The van der Waals surface area contributed by atoms with E-state index in [-0.39, 0.29) is 15.8 Å². The number of carboxylic acids is 1. The molecule has 0 aliphatic heterocycles. The van der Waals surface area contributed by atoms with Gasteiger partial charge in [0.05, 0.1) is 11.5 Å². The summed E-state index contributed by atoms with van der Waals surface area (Å²) >= 11 is 0.921. The van der Waals surface area contributed by atoms with Gasteiger partial charge in [-0.15, -0.1) is 11.3 Å². The third-order valence-electron chi connectivity index (χ3n) is 2.86. The first-order valence-electron chi connectivity index (χ1n) is 5.79. The Hall–Kier alpha value is -0.960. The van der Waals surface area contributed by atoms with E-state index in [2.05, 4.69) is 0 Å². The topological polar surface area (TPSA) is 83.9 Å². The van der Waals surface area contributed by atoms with Crippen LogP contribution in [0.4, 0.5) is 0 Å². The van der Waals surface area contributed by atoms with Gasteiger partial charge >= 0.3 is 5.97 Å². The highest BCUT2D eigenvalue weighted by molar-refractivity contribution is 7.89. The Morgan fingerprint density at radius 2 is 2.26 bits per heavy atom. The highest BCUT2D eigenvalue weighted by atomic mass is 32.2. The molecule has 8 heteroatoms. The van der Waals surface area contributed by atoms with Gasteiger partial charge in [-0.05, 0) is 18.9 Å². The Labute approximate surface area is 115 Å². The van der Waals surface area contributed by atoms with Gasteiger partial charge in [0.25, 0.3) is 0 Å². The number of hydrogen-bond acceptors (Lipinski definition) is 5. The van der Waals surface area contributed by atoms with Gasteiger partial charge in [-0.25, -0.2) is 13.2 Å². The van der Waals surface area contributed by atoms with Gasteiger partial charge < -0.3 is 9.84 Å². The SMILES string of the molecule is COCCN(C1CC1)S(=O)(=O)c1csc(C(=O)O)c1. The second-order valence-electron chi connectivity index (χ2n) is 4.29. The molecule has 0 unspecified atom stereocenters. The van der Waals surface area contributed by atoms with Crippen molar-refractivity contribution in [2.75, 3.05) is 20.3 Å². The van der Waals surface area contributed by atoms with Crippen molar-refractivity contribution in [3.8, 4) is 0 Å². The Morgan fingerprint density at radius 1 is 1.58 bits per heavy atom. The summed E-state index contributed by atoms with van der Waals surface area (Å²) in [6, 6.07) is 1.23. The van der Waals surface area contributed by atoms with E-state index in [4.69, 9.17) is 9.84 Å². The number of methoxy groups -OCH3 is 1. The number of carboxylic acid groups (broad SMARTS) is 1. The van der Waals surface area contributed by atoms with E-state index in [9.17, 15) is 13.2 Å². The monoisotopic (exact) mass is 305 g/mol. The van der Waals surface area contributed by atoms with E-state index in [1.165, 1.54) is 22.9 Å². The van der Waals surface area contributed by atoms with Crippen LogP contribution >= 0.6 is 11.3 Å². The molecule has 106 valence electrons. The smallest absolute Gasteiger partial charge is 0.345 e. The van der Waals surface area contributed by atoms with Crippen LogP contribution in [0, 0.1) is 0 Å². The predicted molar refractivity (Wildman–Crippen MR) is 70.1 cm³/mol. The standard InChI is InChI=1S/C11H15NO5S2/c1-17-5-4-12(8-2-3-8)19(15,16)9-6-10(11(13)14)18-7-9/h6-8H,2-5H2,1H3,(H,13,14). The lowest BCUT2D eigenvalue weighted by Crippen LogP contribution is -2.35. The zero-order valence-electron chi connectivity index (χ0n) is 10.4. The highest BCUT2D eigenvalue weighted by Gasteiger charge is 2.38. The quantitative estimate of drug-likeness (QED) is 0.819. The fourth-order valence-electron chi connectivity index (χ4n) is 1.74. The second-order valence-corrected chi connectivity index (χ2v) is 7.09. The lowest BCUT2D eigenvalue weighted by atomic mass is 10.5. The largest absolute Gasteiger partial charge is 0.477 e. The molecule has 1 aromatic rings. The Kier molecular flexibility index (Phi) is 4.24. The molecule has 19 heavy (non-hydrogen) atoms. The van der Waals surface area contributed by atoms with Crippen molar-refractivity contribution in [1.82, 2.24) is 4.31 Å². The molecule has 0 amide bonds. The summed E-state index contributed by atoms with van der Waals surface area (Å²) in [5, 5.41) is 10.2. The maximum atomic E-state index is 12.4. The Balaban J connectivity index is 2.25. The molecule has 1 saturated carbocycles. The summed E-state index contributed by atoms with van der Waals surface area (Å²) in [6.07, 6.45) is 1.69. The fourth-order valence-corrected chi connectivity index (χ4v) is 4.51. The molecule has 0 saturated heterocycles. The van der Waals surface area contributed by atoms with Gasteiger partial charge in [0.2, 0.25) is 10.0 Å². The van der Waals surface area contributed by atoms with Crippen molar-refractivity contribution >= 4 is 27.3 Å². The van der Waals surface area contributed by atoms with Crippen molar-refractivity contribution in [2.24, 2.45) is 0 Å². The van der Waals surface area contributed by atoms with Gasteiger partial charge in [0.15, 0.2) is 0 Å². The third kappa shape index (κ3) is 3.14. The van der Waals surface area contributed by atoms with Crippen LogP contribution in [0.5, 0.6) is 0 Å². The Bertz CT molecular complexity index is 561. The molecule has 0 aromatic carbocycles. The van der Waals surface area contributed by atoms with Crippen molar-refractivity contribution in [3.63, 3.8) is 0 Å². The van der Waals surface area contributed by atoms with Gasteiger partial charge in [-0.1, -0.05) is 0 Å². The van der Waals surface area contributed by atoms with E-state index in [1.807, 2.05) is 0 Å². The number of ether oxygens (including phenoxy) is 1. The first-order valence-corrected chi connectivity index (χ1v) is 8.11. The number of thiophene rings is 1. The molecule has 1 heterocycles. The zero-order chi connectivity index (χ0) is 14.0. The molecule has 0 bridgehead atoms. The van der Waals surface area contributed by atoms with Crippen LogP contribution in [0.1, 0.15) is 22.5 Å². The van der Waals surface area contributed by atoms with Crippen LogP contribution in [0.3, 0.4) is 0 Å². The number of aromatic carboxylic acids is 1. The normalized spacial score (nSPS) is 15.9. The summed E-state index contributed by atoms with van der Waals surface area (Å²) in [6.45, 7) is 0.618. The van der Waals surface area contributed by atoms with Gasteiger partial charge in [0, 0.05) is 25.1 Å². The van der Waals surface area contributed by atoms with Gasteiger partial charge in [-0.2, -0.15) is 4.31 Å². The van der Waals surface area contributed by atoms with Crippen molar-refractivity contribution in [3.05, 3.63) is 16.3 Å². The summed E-state index contributed by atoms with van der Waals surface area (Å²) in [5.41, 5.74) is 0. The molecular weight excluding hydrogens is 290 g/mol. The molecular formula is C11H15NO5S2. The number of nitrogens with zero attached hydrogens (tertiary/aromatic N) is 1. The number of rotatable bonds is 7. The molecule has 1 aromatic heterocycles. The van der Waals surface area contributed by atoms with Crippen LogP contribution in [0.25, 0.3) is 0 Å². The maximum absolute atomic E-state index is 12.4. The maximum Gasteiger partial charge on any atom is 0.345 e. The average molecular weight is 305 g/mol. The van der Waals surface area contributed by atoms with Crippen molar-refractivity contribution in [2.45, 2.75) is 23.8 Å². The van der Waals surface area contributed by atoms with E-state index in [0.717, 1.165) is 24.2 Å². The molecule has 2 rings (SSSR count). The van der Waals surface area contributed by atoms with Crippen LogP contribution in [0.2, 0.25) is 0 Å². The number of carbonyl (C=O) groups is 1. The van der Waals surface area contributed by atoms with Gasteiger partial charge in [-0.3, -0.25) is 0 Å². The summed E-state index contributed by atoms with van der Waals surface area (Å²) in [4.78, 5) is 10.9. The molecule has 1 fully saturated rings. The molecule has 1 aliphatic carbocycles. The lowest BCUT2D eigenvalue weighted by molar-refractivity contribution is 0.0702. The summed E-state index contributed by atoms with van der Waals surface area (Å²) in [5.74, 6) is -1.11. The molecule has 0 atom stereocenters. The predicted octanol–water partition coefficient (Wildman–Crippen LogP) is 1.25. The Morgan fingerprint density at radius 3 is 2.74 bits per heavy atom. The summed E-state index contributed by atoms with van der Waals surface area (Å²) in [7, 11) is -2.10. The molecule has 0 radical (unpaired) electrons. The van der Waals surface area contributed by atoms with E-state index in [0.29, 0.717) is 13.2 Å². The minimum absolute atomic E-state index is 0.0216. The third-order valence-corrected chi connectivity index (χ3v) is 5.86. The van der Waals surface area contributed by atoms with Crippen LogP contribution in [-0.2, 0) is 14.8 Å². The fraction of sp³-hybridized carbons (Fsp3) is 0.545. The number of sulfonamides is 1. The van der Waals surface area contributed by atoms with E-state index >= 15 is 0 Å². The zero-order valence-corrected chi connectivity index (χ0v) is 12.0. The van der Waals surface area contributed by atoms with Crippen molar-refractivity contribution < 1.29 is 23.1 Å². The van der Waals surface area contributed by atoms with Crippen LogP contribution < -0.4 is 0 Å². The highest BCUT2D eigenvalue weighted by Crippen LogP contribution is 2.33. The molecule has 0 spiro atoms. The molecule has 1 N–H and O–H groups in total. The molecule has 1 aliphatic rings. The first-order chi connectivity index (χ1) is 8.96. The summed E-state index contributed by atoms with van der Waals surface area (Å²) < 4.78 is 31.2. The van der Waals surface area contributed by atoms with Gasteiger partial charge in [0.1, 0.15) is 4.88 Å². The average Bonchev–Trinajstić information content (AvgIpc) is 3.04. The minimum atomic E-state index is -3.62. The van der Waals surface area contributed by atoms with Crippen LogP contribution in [-0.4, -0.2) is 50.1 Å². The van der Waals surface area contributed by atoms with Crippen molar-refractivity contribution in [1.29, 1.82) is 0 Å². The van der Waals surface area contributed by atoms with E-state index < -0.39 is 16.0 Å².